The third kappa shape index (κ3) is 3.73. The monoisotopic (exact) mass is 309 g/mol. The summed E-state index contributed by atoms with van der Waals surface area (Å²) in [7, 11) is 0. The summed E-state index contributed by atoms with van der Waals surface area (Å²) >= 11 is 6.02. The van der Waals surface area contributed by atoms with Crippen LogP contribution in [-0.4, -0.2) is 35.0 Å². The van der Waals surface area contributed by atoms with Gasteiger partial charge in [0.05, 0.1) is 4.92 Å². The fraction of sp³-hybridized carbons (Fsp3) is 0.600. The molecule has 0 aromatic heterocycles. The van der Waals surface area contributed by atoms with Crippen LogP contribution in [0.3, 0.4) is 0 Å². The molecule has 1 saturated carbocycles. The molecular weight excluding hydrogens is 290 g/mol. The van der Waals surface area contributed by atoms with E-state index in [4.69, 9.17) is 11.6 Å². The number of halogens is 1. The number of hydrogen-bond donors (Lipinski definition) is 1. The molecule has 1 aromatic rings. The van der Waals surface area contributed by atoms with Crippen molar-refractivity contribution < 1.29 is 4.92 Å². The fourth-order valence-electron chi connectivity index (χ4n) is 3.06. The van der Waals surface area contributed by atoms with Crippen molar-refractivity contribution in [3.05, 3.63) is 38.9 Å². The molecule has 1 saturated heterocycles. The first kappa shape index (κ1) is 14.8. The van der Waals surface area contributed by atoms with Crippen LogP contribution in [0, 0.1) is 10.1 Å². The van der Waals surface area contributed by atoms with E-state index in [0.29, 0.717) is 23.7 Å². The molecule has 1 aliphatic carbocycles. The average Bonchev–Trinajstić information content (AvgIpc) is 3.16. The van der Waals surface area contributed by atoms with E-state index in [1.165, 1.54) is 31.7 Å². The van der Waals surface area contributed by atoms with Gasteiger partial charge in [-0.05, 0) is 44.4 Å². The third-order valence-electron chi connectivity index (χ3n) is 4.29. The van der Waals surface area contributed by atoms with Gasteiger partial charge in [-0.2, -0.15) is 0 Å². The van der Waals surface area contributed by atoms with Crippen molar-refractivity contribution >= 4 is 17.3 Å². The SMILES string of the molecule is O=[N+]([O-])c1ccc(Cl)cc1CN(CC1CCCN1)C1CC1. The minimum absolute atomic E-state index is 0.171. The van der Waals surface area contributed by atoms with Gasteiger partial charge in [0.2, 0.25) is 0 Å². The molecule has 1 atom stereocenters. The number of nitro groups is 1. The summed E-state index contributed by atoms with van der Waals surface area (Å²) in [4.78, 5) is 13.2. The molecular formula is C15H20ClN3O2. The maximum absolute atomic E-state index is 11.2. The Hall–Kier alpha value is -1.17. The van der Waals surface area contributed by atoms with E-state index < -0.39 is 0 Å². The van der Waals surface area contributed by atoms with Crippen LogP contribution in [-0.2, 0) is 6.54 Å². The summed E-state index contributed by atoms with van der Waals surface area (Å²) < 4.78 is 0. The first-order valence-corrected chi connectivity index (χ1v) is 7.91. The van der Waals surface area contributed by atoms with E-state index in [-0.39, 0.29) is 10.6 Å². The third-order valence-corrected chi connectivity index (χ3v) is 4.53. The largest absolute Gasteiger partial charge is 0.313 e. The Bertz CT molecular complexity index is 528. The zero-order chi connectivity index (χ0) is 14.8. The second-order valence-electron chi connectivity index (χ2n) is 5.98. The van der Waals surface area contributed by atoms with Gasteiger partial charge in [-0.15, -0.1) is 0 Å². The lowest BCUT2D eigenvalue weighted by molar-refractivity contribution is -0.385. The second-order valence-corrected chi connectivity index (χ2v) is 6.42. The minimum atomic E-state index is -0.315. The highest BCUT2D eigenvalue weighted by atomic mass is 35.5. The number of nitro benzene ring substituents is 1. The number of nitrogens with one attached hydrogen (secondary N) is 1. The Kier molecular flexibility index (Phi) is 4.42. The van der Waals surface area contributed by atoms with Gasteiger partial charge in [-0.25, -0.2) is 0 Å². The Morgan fingerprint density at radius 3 is 2.81 bits per heavy atom. The van der Waals surface area contributed by atoms with Crippen LogP contribution in [0.5, 0.6) is 0 Å². The first-order valence-electron chi connectivity index (χ1n) is 7.54. The predicted molar refractivity (Wildman–Crippen MR) is 82.6 cm³/mol. The van der Waals surface area contributed by atoms with E-state index in [1.54, 1.807) is 12.1 Å². The molecule has 0 spiro atoms. The summed E-state index contributed by atoms with van der Waals surface area (Å²) in [6.07, 6.45) is 4.81. The van der Waals surface area contributed by atoms with E-state index >= 15 is 0 Å². The van der Waals surface area contributed by atoms with Gasteiger partial charge >= 0.3 is 0 Å². The average molecular weight is 310 g/mol. The number of nitrogens with zero attached hydrogens (tertiary/aromatic N) is 2. The quantitative estimate of drug-likeness (QED) is 0.648. The molecule has 0 radical (unpaired) electrons. The maximum Gasteiger partial charge on any atom is 0.273 e. The molecule has 1 N–H and O–H groups in total. The molecule has 2 aliphatic rings. The van der Waals surface area contributed by atoms with E-state index in [9.17, 15) is 10.1 Å². The molecule has 114 valence electrons. The van der Waals surface area contributed by atoms with Gasteiger partial charge in [0.15, 0.2) is 0 Å². The standard InChI is InChI=1S/C15H20ClN3O2/c16-12-3-6-15(19(20)21)11(8-12)9-18(14-4-5-14)10-13-2-1-7-17-13/h3,6,8,13-14,17H,1-2,4-5,7,9-10H2. The van der Waals surface area contributed by atoms with Crippen molar-refractivity contribution in [3.63, 3.8) is 0 Å². The van der Waals surface area contributed by atoms with Crippen molar-refractivity contribution in [3.8, 4) is 0 Å². The highest BCUT2D eigenvalue weighted by Crippen LogP contribution is 2.32. The highest BCUT2D eigenvalue weighted by Gasteiger charge is 2.32. The molecule has 1 aromatic carbocycles. The summed E-state index contributed by atoms with van der Waals surface area (Å²) in [5.74, 6) is 0. The molecule has 1 aliphatic heterocycles. The molecule has 5 nitrogen and oxygen atoms in total. The smallest absolute Gasteiger partial charge is 0.273 e. The topological polar surface area (TPSA) is 58.4 Å². The van der Waals surface area contributed by atoms with Gasteiger partial charge in [-0.1, -0.05) is 11.6 Å². The Morgan fingerprint density at radius 2 is 2.19 bits per heavy atom. The first-order chi connectivity index (χ1) is 10.1. The van der Waals surface area contributed by atoms with Gasteiger partial charge in [0, 0.05) is 41.8 Å². The van der Waals surface area contributed by atoms with Gasteiger partial charge < -0.3 is 5.32 Å². The number of rotatable bonds is 6. The Balaban J connectivity index is 1.75. The Morgan fingerprint density at radius 1 is 1.38 bits per heavy atom. The molecule has 1 unspecified atom stereocenters. The lowest BCUT2D eigenvalue weighted by Gasteiger charge is -2.25. The maximum atomic E-state index is 11.2. The summed E-state index contributed by atoms with van der Waals surface area (Å²) in [6, 6.07) is 5.92. The van der Waals surface area contributed by atoms with Gasteiger partial charge in [-0.3, -0.25) is 15.0 Å². The van der Waals surface area contributed by atoms with Crippen molar-refractivity contribution in [1.82, 2.24) is 10.2 Å². The zero-order valence-corrected chi connectivity index (χ0v) is 12.7. The van der Waals surface area contributed by atoms with Crippen LogP contribution in [0.4, 0.5) is 5.69 Å². The Labute approximate surface area is 129 Å². The molecule has 1 heterocycles. The number of hydrogen-bond acceptors (Lipinski definition) is 4. The van der Waals surface area contributed by atoms with E-state index in [1.807, 2.05) is 0 Å². The van der Waals surface area contributed by atoms with Crippen LogP contribution < -0.4 is 5.32 Å². The van der Waals surface area contributed by atoms with Crippen LogP contribution in [0.15, 0.2) is 18.2 Å². The molecule has 2 fully saturated rings. The van der Waals surface area contributed by atoms with Crippen LogP contribution >= 0.6 is 11.6 Å². The van der Waals surface area contributed by atoms with E-state index in [2.05, 4.69) is 10.2 Å². The minimum Gasteiger partial charge on any atom is -0.313 e. The van der Waals surface area contributed by atoms with Crippen molar-refractivity contribution in [1.29, 1.82) is 0 Å². The predicted octanol–water partition coefficient (Wildman–Crippen LogP) is 2.96. The van der Waals surface area contributed by atoms with Crippen LogP contribution in [0.1, 0.15) is 31.2 Å². The summed E-state index contributed by atoms with van der Waals surface area (Å²) in [6.45, 7) is 2.66. The van der Waals surface area contributed by atoms with Crippen molar-refractivity contribution in [2.45, 2.75) is 44.3 Å². The fourth-order valence-corrected chi connectivity index (χ4v) is 3.25. The zero-order valence-electron chi connectivity index (χ0n) is 11.9. The van der Waals surface area contributed by atoms with Gasteiger partial charge in [0.1, 0.15) is 0 Å². The highest BCUT2D eigenvalue weighted by molar-refractivity contribution is 6.30. The van der Waals surface area contributed by atoms with Gasteiger partial charge in [0.25, 0.3) is 5.69 Å². The van der Waals surface area contributed by atoms with E-state index in [0.717, 1.165) is 18.7 Å². The number of benzene rings is 1. The second kappa shape index (κ2) is 6.30. The molecule has 0 bridgehead atoms. The normalized spacial score (nSPS) is 21.9. The summed E-state index contributed by atoms with van der Waals surface area (Å²) in [5, 5.41) is 15.2. The molecule has 21 heavy (non-hydrogen) atoms. The lowest BCUT2D eigenvalue weighted by atomic mass is 10.1. The van der Waals surface area contributed by atoms with Crippen molar-refractivity contribution in [2.75, 3.05) is 13.1 Å². The molecule has 6 heteroatoms. The molecule has 3 rings (SSSR count). The van der Waals surface area contributed by atoms with Crippen LogP contribution in [0.25, 0.3) is 0 Å². The molecule has 0 amide bonds. The van der Waals surface area contributed by atoms with Crippen LogP contribution in [0.2, 0.25) is 5.02 Å². The lowest BCUT2D eigenvalue weighted by Crippen LogP contribution is -2.38. The van der Waals surface area contributed by atoms with Crippen molar-refractivity contribution in [2.24, 2.45) is 0 Å². The summed E-state index contributed by atoms with van der Waals surface area (Å²) in [5.41, 5.74) is 0.891.